The number of H-pyrrole nitrogens is 1. The van der Waals surface area contributed by atoms with Gasteiger partial charge in [-0.1, -0.05) is 6.07 Å². The molecule has 3 aliphatic rings. The Morgan fingerprint density at radius 2 is 1.79 bits per heavy atom. The van der Waals surface area contributed by atoms with Crippen molar-refractivity contribution in [2.75, 3.05) is 0 Å². The molecule has 2 bridgehead atoms. The molecule has 2 N–H and O–H groups in total. The fraction of sp³-hybridized carbons (Fsp3) is 0.375. The van der Waals surface area contributed by atoms with Crippen LogP contribution in [-0.2, 0) is 4.79 Å². The second kappa shape index (κ2) is 7.60. The van der Waals surface area contributed by atoms with Crippen molar-refractivity contribution >= 4 is 16.8 Å². The minimum absolute atomic E-state index is 0.0392. The maximum atomic E-state index is 14.2. The quantitative estimate of drug-likeness (QED) is 0.592. The summed E-state index contributed by atoms with van der Waals surface area (Å²) in [5.74, 6) is -2.20. The van der Waals surface area contributed by atoms with Crippen molar-refractivity contribution in [1.29, 1.82) is 0 Å². The van der Waals surface area contributed by atoms with E-state index in [2.05, 4.69) is 10.3 Å². The average molecular weight is 457 g/mol. The van der Waals surface area contributed by atoms with E-state index < -0.39 is 46.7 Å². The summed E-state index contributed by atoms with van der Waals surface area (Å²) < 4.78 is 42.1. The molecule has 3 fully saturated rings. The molecule has 0 spiro atoms. The Balaban J connectivity index is 1.53. The van der Waals surface area contributed by atoms with Crippen molar-refractivity contribution < 1.29 is 18.0 Å². The number of nitrogens with one attached hydrogen (secondary N) is 2. The molecule has 1 heterocycles. The number of amides is 1. The maximum Gasteiger partial charge on any atom is 0.329 e. The molecule has 3 aliphatic carbocycles. The van der Waals surface area contributed by atoms with Crippen LogP contribution in [0.2, 0.25) is 0 Å². The highest BCUT2D eigenvalue weighted by molar-refractivity contribution is 5.82. The summed E-state index contributed by atoms with van der Waals surface area (Å²) in [6, 6.07) is 4.53. The third-order valence-electron chi connectivity index (χ3n) is 7.08. The first-order chi connectivity index (χ1) is 15.7. The minimum Gasteiger partial charge on any atom is -0.348 e. The van der Waals surface area contributed by atoms with Crippen molar-refractivity contribution in [2.45, 2.75) is 44.7 Å². The molecular formula is C24H22F3N3O3. The predicted octanol–water partition coefficient (Wildman–Crippen LogP) is 3.72. The number of aromatic nitrogens is 2. The number of benzene rings is 2. The number of carbonyl (C=O) groups excluding carboxylic acids is 1. The van der Waals surface area contributed by atoms with Crippen LogP contribution in [0.25, 0.3) is 10.9 Å². The van der Waals surface area contributed by atoms with Crippen molar-refractivity contribution in [3.63, 3.8) is 0 Å². The summed E-state index contributed by atoms with van der Waals surface area (Å²) in [6.07, 6.45) is 3.05. The molecule has 3 saturated carbocycles. The molecule has 2 atom stereocenters. The number of carbonyl (C=O) groups is 1. The zero-order valence-electron chi connectivity index (χ0n) is 17.8. The number of rotatable bonds is 6. The van der Waals surface area contributed by atoms with Crippen LogP contribution < -0.4 is 16.6 Å². The topological polar surface area (TPSA) is 84.0 Å². The molecule has 0 unspecified atom stereocenters. The summed E-state index contributed by atoms with van der Waals surface area (Å²) in [6.45, 7) is 1.54. The normalized spacial score (nSPS) is 22.8. The highest BCUT2D eigenvalue weighted by Gasteiger charge is 2.57. The van der Waals surface area contributed by atoms with Gasteiger partial charge in [-0.15, -0.1) is 0 Å². The molecule has 33 heavy (non-hydrogen) atoms. The van der Waals surface area contributed by atoms with Gasteiger partial charge in [0.15, 0.2) is 0 Å². The summed E-state index contributed by atoms with van der Waals surface area (Å²) in [5.41, 5.74) is -1.39. The number of aromatic amines is 1. The van der Waals surface area contributed by atoms with Gasteiger partial charge in [0.2, 0.25) is 5.91 Å². The van der Waals surface area contributed by atoms with Gasteiger partial charge < -0.3 is 10.3 Å². The Kier molecular flexibility index (Phi) is 4.95. The predicted molar refractivity (Wildman–Crippen MR) is 115 cm³/mol. The molecule has 0 aliphatic heterocycles. The van der Waals surface area contributed by atoms with Gasteiger partial charge in [0, 0.05) is 11.6 Å². The summed E-state index contributed by atoms with van der Waals surface area (Å²) in [4.78, 5) is 42.0. The van der Waals surface area contributed by atoms with Gasteiger partial charge in [-0.05, 0) is 68.2 Å². The van der Waals surface area contributed by atoms with Gasteiger partial charge >= 0.3 is 5.69 Å². The van der Waals surface area contributed by atoms with E-state index in [1.165, 1.54) is 19.1 Å². The largest absolute Gasteiger partial charge is 0.348 e. The Morgan fingerprint density at radius 3 is 2.42 bits per heavy atom. The summed E-state index contributed by atoms with van der Waals surface area (Å²) in [7, 11) is 0. The first-order valence-corrected chi connectivity index (χ1v) is 10.9. The van der Waals surface area contributed by atoms with E-state index in [1.54, 1.807) is 0 Å². The van der Waals surface area contributed by atoms with Gasteiger partial charge in [-0.25, -0.2) is 22.5 Å². The minimum atomic E-state index is -1.15. The number of hydrogen-bond donors (Lipinski definition) is 2. The summed E-state index contributed by atoms with van der Waals surface area (Å²) >= 11 is 0. The molecule has 172 valence electrons. The molecule has 2 aromatic carbocycles. The molecule has 9 heteroatoms. The first-order valence-electron chi connectivity index (χ1n) is 10.9. The van der Waals surface area contributed by atoms with Crippen LogP contribution >= 0.6 is 0 Å². The van der Waals surface area contributed by atoms with Crippen molar-refractivity contribution in [3.8, 4) is 0 Å². The highest BCUT2D eigenvalue weighted by atomic mass is 19.1. The van der Waals surface area contributed by atoms with Crippen molar-refractivity contribution in [3.05, 3.63) is 80.3 Å². The Hall–Kier alpha value is -3.36. The zero-order chi connectivity index (χ0) is 23.5. The second-order valence-electron chi connectivity index (χ2n) is 9.39. The lowest BCUT2D eigenvalue weighted by molar-refractivity contribution is -0.140. The lowest BCUT2D eigenvalue weighted by Gasteiger charge is -2.63. The van der Waals surface area contributed by atoms with Gasteiger partial charge in [0.25, 0.3) is 5.56 Å². The number of nitrogens with zero attached hydrogens (tertiary/aromatic N) is 1. The third kappa shape index (κ3) is 3.65. The van der Waals surface area contributed by atoms with E-state index in [1.807, 2.05) is 0 Å². The van der Waals surface area contributed by atoms with E-state index in [0.29, 0.717) is 5.92 Å². The molecule has 0 saturated heterocycles. The lowest BCUT2D eigenvalue weighted by atomic mass is 9.43. The second-order valence-corrected chi connectivity index (χ2v) is 9.39. The van der Waals surface area contributed by atoms with Crippen LogP contribution in [0.5, 0.6) is 0 Å². The van der Waals surface area contributed by atoms with E-state index in [-0.39, 0.29) is 28.3 Å². The Labute approximate surface area is 186 Å². The van der Waals surface area contributed by atoms with Crippen molar-refractivity contribution in [1.82, 2.24) is 14.9 Å². The Bertz CT molecular complexity index is 1380. The summed E-state index contributed by atoms with van der Waals surface area (Å²) in [5, 5.41) is 2.63. The molecular weight excluding hydrogens is 435 g/mol. The van der Waals surface area contributed by atoms with E-state index in [9.17, 15) is 27.6 Å². The monoisotopic (exact) mass is 457 g/mol. The molecule has 3 aromatic rings. The number of hydrogen-bond acceptors (Lipinski definition) is 3. The van der Waals surface area contributed by atoms with E-state index in [4.69, 9.17) is 0 Å². The molecule has 1 amide bonds. The number of fused-ring (bicyclic) bond motifs is 1. The van der Waals surface area contributed by atoms with Crippen LogP contribution in [0.4, 0.5) is 13.2 Å². The maximum absolute atomic E-state index is 14.2. The smallest absolute Gasteiger partial charge is 0.329 e. The third-order valence-corrected chi connectivity index (χ3v) is 7.08. The van der Waals surface area contributed by atoms with Gasteiger partial charge in [-0.3, -0.25) is 9.59 Å². The van der Waals surface area contributed by atoms with E-state index >= 15 is 0 Å². The van der Waals surface area contributed by atoms with Crippen LogP contribution in [0.3, 0.4) is 0 Å². The average Bonchev–Trinajstić information content (AvgIpc) is 2.68. The van der Waals surface area contributed by atoms with Crippen LogP contribution in [-0.4, -0.2) is 15.5 Å². The van der Waals surface area contributed by atoms with Gasteiger partial charge in [0.1, 0.15) is 23.5 Å². The fourth-order valence-corrected chi connectivity index (χ4v) is 5.34. The van der Waals surface area contributed by atoms with Crippen LogP contribution in [0.15, 0.2) is 46.0 Å². The lowest BCUT2D eigenvalue weighted by Crippen LogP contribution is -2.55. The van der Waals surface area contributed by atoms with Crippen LogP contribution in [0.1, 0.15) is 50.3 Å². The SMILES string of the molecule is C[C@@H](NC(=O)[C@H](CC12CC(C1)C2)n1c(=O)[nH]c2ccc(F)cc2c1=O)c1ccc(F)cc1F. The fourth-order valence-electron chi connectivity index (χ4n) is 5.34. The number of halogens is 3. The van der Waals surface area contributed by atoms with E-state index in [0.717, 1.165) is 48.1 Å². The standard InChI is InChI=1S/C24H22F3N3O3/c1-12(16-4-2-15(26)7-18(16)27)28-21(31)20(11-24-8-13(9-24)10-24)30-22(32)17-6-14(25)3-5-19(17)29-23(30)33/h2-7,12-13,20H,8-11H2,1H3,(H,28,31)(H,29,33)/t12-,13?,20+,24?/m1/s1. The van der Waals surface area contributed by atoms with Crippen molar-refractivity contribution in [2.24, 2.45) is 11.3 Å². The van der Waals surface area contributed by atoms with Gasteiger partial charge in [0.05, 0.1) is 16.9 Å². The highest BCUT2D eigenvalue weighted by Crippen LogP contribution is 2.67. The first kappa shape index (κ1) is 21.5. The van der Waals surface area contributed by atoms with Gasteiger partial charge in [-0.2, -0.15) is 0 Å². The molecule has 1 aromatic heterocycles. The van der Waals surface area contributed by atoms with Crippen LogP contribution in [0, 0.1) is 28.8 Å². The molecule has 6 nitrogen and oxygen atoms in total. The molecule has 0 radical (unpaired) electrons. The molecule has 6 rings (SSSR count). The zero-order valence-corrected chi connectivity index (χ0v) is 17.8. The Morgan fingerprint density at radius 1 is 1.12 bits per heavy atom.